The summed E-state index contributed by atoms with van der Waals surface area (Å²) in [6.07, 6.45) is 17.0. The van der Waals surface area contributed by atoms with Crippen molar-refractivity contribution in [3.05, 3.63) is 151 Å². The largest absolute Gasteiger partial charge is 0.392 e. The lowest BCUT2D eigenvalue weighted by Crippen LogP contribution is -2.26. The maximum Gasteiger partial charge on any atom is 0.0800 e. The van der Waals surface area contributed by atoms with Gasteiger partial charge in [-0.25, -0.2) is 0 Å². The Bertz CT molecular complexity index is 1700. The standard InChI is InChI=1S/C17H18O.C10H12O.C8H11OP.C7H7Br.CH5OP/c1-2-4-12(5-3-1)11-18-16-9-8-15-13-6-7-14(10-13)17(15)16;11-9-4-3-8-6-1-2-7(5-6)10(8)9;1-10(7-9)8-5-3-2-4-6-8;8-6-7-4-2-1-3-5-7;2-1-3/h1-9,13-17H,10-11H2;1-4,6-11H,5H2;2-6,9H,7H2,1H3;1-5H,6H2;2H,1,3H2/t13?,14?,15-,16+,17+;6?,7?,8-,9+,10+;;;/m00.../s1/i;;7D2;;1D2. The molecule has 9 rings (SSSR count). The summed E-state index contributed by atoms with van der Waals surface area (Å²) in [5.41, 5.74) is 2.60. The van der Waals surface area contributed by atoms with Crippen LogP contribution in [0.25, 0.3) is 0 Å². The lowest BCUT2D eigenvalue weighted by atomic mass is 9.84. The lowest BCUT2D eigenvalue weighted by molar-refractivity contribution is 0.0240. The second-order valence-electron chi connectivity index (χ2n) is 13.5. The van der Waals surface area contributed by atoms with E-state index >= 15 is 0 Å². The summed E-state index contributed by atoms with van der Waals surface area (Å²) in [6.45, 7) is 2.46. The molecule has 3 aromatic rings. The second-order valence-corrected chi connectivity index (χ2v) is 16.1. The van der Waals surface area contributed by atoms with Crippen LogP contribution in [0.3, 0.4) is 0 Å². The Hall–Kier alpha value is -2.20. The molecule has 7 heteroatoms. The minimum absolute atomic E-state index is 0.153. The van der Waals surface area contributed by atoms with Gasteiger partial charge in [0.25, 0.3) is 0 Å². The van der Waals surface area contributed by atoms with Crippen molar-refractivity contribution in [1.29, 1.82) is 0 Å². The highest BCUT2D eigenvalue weighted by atomic mass is 79.9. The van der Waals surface area contributed by atoms with Crippen LogP contribution in [-0.4, -0.2) is 46.8 Å². The molecule has 4 bridgehead atoms. The van der Waals surface area contributed by atoms with Crippen LogP contribution in [-0.2, 0) is 16.7 Å². The van der Waals surface area contributed by atoms with E-state index in [9.17, 15) is 5.11 Å². The number of rotatable bonds is 6. The van der Waals surface area contributed by atoms with E-state index < -0.39 is 20.5 Å². The number of benzene rings is 3. The molecular weight excluding hydrogens is 722 g/mol. The zero-order valence-electron chi connectivity index (χ0n) is 32.5. The van der Waals surface area contributed by atoms with E-state index in [1.807, 2.05) is 54.6 Å². The number of aliphatic hydroxyl groups is 3. The highest BCUT2D eigenvalue weighted by Gasteiger charge is 2.49. The van der Waals surface area contributed by atoms with Crippen LogP contribution in [0.4, 0.5) is 0 Å². The van der Waals surface area contributed by atoms with Crippen molar-refractivity contribution in [3.8, 4) is 0 Å². The van der Waals surface area contributed by atoms with Crippen LogP contribution >= 0.6 is 33.1 Å². The zero-order chi connectivity index (χ0) is 38.9. The molecule has 6 aliphatic carbocycles. The van der Waals surface area contributed by atoms with Gasteiger partial charge in [-0.3, -0.25) is 0 Å². The van der Waals surface area contributed by atoms with Gasteiger partial charge < -0.3 is 20.1 Å². The minimum Gasteiger partial charge on any atom is -0.392 e. The summed E-state index contributed by atoms with van der Waals surface area (Å²) in [6, 6.07) is 30.0. The van der Waals surface area contributed by atoms with Crippen molar-refractivity contribution in [2.75, 3.05) is 19.3 Å². The van der Waals surface area contributed by atoms with Crippen molar-refractivity contribution in [1.82, 2.24) is 0 Å². The number of aliphatic hydroxyl groups excluding tert-OH is 1. The first-order chi connectivity index (χ1) is 25.7. The number of alkyl halides is 1. The molecule has 0 radical (unpaired) electrons. The molecule has 4 nitrogen and oxygen atoms in total. The highest BCUT2D eigenvalue weighted by molar-refractivity contribution is 9.08. The van der Waals surface area contributed by atoms with E-state index in [2.05, 4.69) is 101 Å². The van der Waals surface area contributed by atoms with Crippen molar-refractivity contribution in [2.24, 2.45) is 47.3 Å². The van der Waals surface area contributed by atoms with Crippen molar-refractivity contribution in [2.45, 2.75) is 37.0 Å². The first-order valence-electron chi connectivity index (χ1n) is 19.4. The molecule has 2 fully saturated rings. The van der Waals surface area contributed by atoms with Gasteiger partial charge in [-0.15, -0.1) is 9.24 Å². The van der Waals surface area contributed by atoms with E-state index in [0.717, 1.165) is 40.9 Å². The predicted molar refractivity (Wildman–Crippen MR) is 217 cm³/mol. The van der Waals surface area contributed by atoms with E-state index in [0.29, 0.717) is 29.8 Å². The highest BCUT2D eigenvalue weighted by Crippen LogP contribution is 2.54. The molecule has 6 aliphatic rings. The van der Waals surface area contributed by atoms with Gasteiger partial charge in [0, 0.05) is 17.2 Å². The van der Waals surface area contributed by atoms with Crippen LogP contribution < -0.4 is 5.30 Å². The quantitative estimate of drug-likeness (QED) is 0.133. The molecule has 2 saturated carbocycles. The Morgan fingerprint density at radius 2 is 1.18 bits per heavy atom. The first-order valence-corrected chi connectivity index (χ1v) is 20.9. The normalized spacial score (nSPS) is 33.0. The van der Waals surface area contributed by atoms with Crippen molar-refractivity contribution < 1.29 is 25.5 Å². The monoisotopic (exact) mass is 778 g/mol. The summed E-state index contributed by atoms with van der Waals surface area (Å²) in [5.74, 6) is 5.64. The van der Waals surface area contributed by atoms with Crippen LogP contribution in [0.5, 0.6) is 0 Å². The molecule has 0 spiro atoms. The Morgan fingerprint density at radius 3 is 1.70 bits per heavy atom. The van der Waals surface area contributed by atoms with Crippen molar-refractivity contribution in [3.63, 3.8) is 0 Å². The minimum atomic E-state index is -2.08. The van der Waals surface area contributed by atoms with Crippen LogP contribution in [0, 0.1) is 47.3 Å². The average Bonchev–Trinajstić information content (AvgIpc) is 4.02. The number of halogens is 1. The fourth-order valence-electron chi connectivity index (χ4n) is 8.23. The Morgan fingerprint density at radius 1 is 0.700 bits per heavy atom. The van der Waals surface area contributed by atoms with Gasteiger partial charge in [-0.1, -0.05) is 163 Å². The summed E-state index contributed by atoms with van der Waals surface area (Å²) in [7, 11) is 0.476. The average molecular weight is 780 g/mol. The van der Waals surface area contributed by atoms with E-state index in [4.69, 9.17) is 20.4 Å². The third kappa shape index (κ3) is 10.2. The molecule has 0 aromatic heterocycles. The number of hydrogen-bond donors (Lipinski definition) is 3. The summed E-state index contributed by atoms with van der Waals surface area (Å²) >= 11 is 3.36. The Balaban J connectivity index is 0.000000138. The van der Waals surface area contributed by atoms with Gasteiger partial charge in [0.1, 0.15) is 0 Å². The number of fused-ring (bicyclic) bond motifs is 10. The summed E-state index contributed by atoms with van der Waals surface area (Å²) < 4.78 is 32.6. The van der Waals surface area contributed by atoms with E-state index in [1.54, 1.807) is 15.9 Å². The maximum atomic E-state index is 9.60. The SMILES string of the molecule is BrCc1ccccc1.C1=CC2CC1[C@H]1[C@H](OCc3ccccc3)C=C[C@@H]21.O[C@@H]1C=C[C@H]2C3C=CC(C3)[C@@H]12.[2H]C([2H])(O)P.[2H]C([2H])(O)P(C)c1ccccc1. The van der Waals surface area contributed by atoms with Gasteiger partial charge in [-0.05, 0) is 71.4 Å². The molecule has 50 heavy (non-hydrogen) atoms. The topological polar surface area (TPSA) is 69.9 Å². The van der Waals surface area contributed by atoms with Gasteiger partial charge >= 0.3 is 0 Å². The maximum absolute atomic E-state index is 9.60. The zero-order valence-corrected chi connectivity index (χ0v) is 32.2. The molecule has 3 aromatic carbocycles. The van der Waals surface area contributed by atoms with Gasteiger partial charge in [0.2, 0.25) is 0 Å². The summed E-state index contributed by atoms with van der Waals surface area (Å²) in [4.78, 5) is 0. The molecule has 0 amide bonds. The van der Waals surface area contributed by atoms with Crippen molar-refractivity contribution >= 4 is 38.4 Å². The van der Waals surface area contributed by atoms with Crippen LogP contribution in [0.2, 0.25) is 0 Å². The fraction of sp³-hybridized carbons (Fsp3) is 0.395. The molecule has 12 atom stereocenters. The molecule has 6 unspecified atom stereocenters. The van der Waals surface area contributed by atoms with Crippen LogP contribution in [0.15, 0.2) is 140 Å². The smallest absolute Gasteiger partial charge is 0.0800 e. The summed E-state index contributed by atoms with van der Waals surface area (Å²) in [5, 5.41) is 28.3. The molecular formula is C43H53BrO4P2. The fourth-order valence-corrected chi connectivity index (χ4v) is 9.34. The van der Waals surface area contributed by atoms with Gasteiger partial charge in [0.15, 0.2) is 0 Å². The van der Waals surface area contributed by atoms with Gasteiger partial charge in [-0.2, -0.15) is 0 Å². The molecule has 0 heterocycles. The van der Waals surface area contributed by atoms with E-state index in [-0.39, 0.29) is 6.10 Å². The van der Waals surface area contributed by atoms with Crippen LogP contribution in [0.1, 0.15) is 29.5 Å². The predicted octanol–water partition coefficient (Wildman–Crippen LogP) is 8.70. The Kier molecular flexibility index (Phi) is 13.6. The molecule has 266 valence electrons. The second kappa shape index (κ2) is 20.1. The molecule has 0 saturated heterocycles. The molecule has 3 N–H and O–H groups in total. The van der Waals surface area contributed by atoms with E-state index in [1.165, 1.54) is 24.0 Å². The first kappa shape index (κ1) is 33.6. The lowest BCUT2D eigenvalue weighted by Gasteiger charge is -2.26. The number of allylic oxidation sites excluding steroid dienone is 6. The van der Waals surface area contributed by atoms with Gasteiger partial charge in [0.05, 0.1) is 36.9 Å². The third-order valence-electron chi connectivity index (χ3n) is 10.6. The number of hydrogen-bond acceptors (Lipinski definition) is 4. The Labute approximate surface area is 317 Å². The third-order valence-corrected chi connectivity index (χ3v) is 12.6. The number of ether oxygens (including phenoxy) is 1. The molecule has 0 aliphatic heterocycles.